The quantitative estimate of drug-likeness (QED) is 0.0565. The summed E-state index contributed by atoms with van der Waals surface area (Å²) in [6, 6.07) is 18.8. The summed E-state index contributed by atoms with van der Waals surface area (Å²) >= 11 is 0. The Bertz CT molecular complexity index is 4240. The van der Waals surface area contributed by atoms with Crippen molar-refractivity contribution in [2.75, 3.05) is 60.6 Å². The molecule has 27 heteroatoms. The van der Waals surface area contributed by atoms with Crippen LogP contribution in [0.5, 0.6) is 5.75 Å². The number of hydrogen-bond acceptors (Lipinski definition) is 19. The van der Waals surface area contributed by atoms with Crippen LogP contribution in [0.4, 0.5) is 0 Å². The predicted molar refractivity (Wildman–Crippen MR) is 391 cm³/mol. The standard InChI is InChI=1S/C21H28N2O7.C21H26N2O5.C19H26N2O4.C19H24N2O3/c1-12-5-6-14(8-18(12)29-3)7-17(20(25)30-4)23-19(24)9-16-15(11-22(27)28)13(2)10-21(16,23)26;1-11-5-14-7-18(20(25)28-4)23-19(24)8-17-15(10-22(26)27)13(3)9-21(17,23)16(14)6-12(11)2;1-12-4-5-15(8-13(12)2)6-7-20-18(22)9-17-16(11-21(24)25)14(3)10-19(17,20)23;1-11-6-14-4-5-20-18(22)8-17-15(10-21(23)24)13(3)9-19(17,20)16(14)7-12(11)2/h5-6,8,13,15-17,26H,7,9-11H2,1-4H3;5-6,13,15,17-18H,7-10H2,1-4H3;4-5,8,14,16-17,23H,6-7,9-11H2,1-3H3;6-7,13,15,17H,4-5,8-10H2,1-3H3/t13-,15+,16+,17-,21+;13-,15+,17-,18-,21-;14-,16+,17+,19+;13-,15+,17-,19-/m0000/s1. The number of aryl methyl sites for hydroxylation is 7. The van der Waals surface area contributed by atoms with E-state index in [0.29, 0.717) is 44.4 Å². The molecular formula is C80H104N8O19. The molecule has 0 bridgehead atoms. The van der Waals surface area contributed by atoms with Gasteiger partial charge in [0.05, 0.1) is 32.4 Å². The molecule has 0 radical (unpaired) electrons. The highest BCUT2D eigenvalue weighted by Crippen LogP contribution is 2.64. The lowest BCUT2D eigenvalue weighted by Gasteiger charge is -2.48. The molecule has 6 heterocycles. The summed E-state index contributed by atoms with van der Waals surface area (Å²) in [5.74, 6) is -2.42. The maximum atomic E-state index is 13.1. The van der Waals surface area contributed by atoms with Crippen LogP contribution in [0.15, 0.2) is 60.7 Å². The predicted octanol–water partition coefficient (Wildman–Crippen LogP) is 9.09. The summed E-state index contributed by atoms with van der Waals surface area (Å²) in [6.07, 6.45) is 5.16. The molecular weight excluding hydrogens is 1380 g/mol. The number of hydrogen-bond donors (Lipinski definition) is 2. The smallest absolute Gasteiger partial charge is 0.329 e. The minimum absolute atomic E-state index is 0.0125. The number of amides is 4. The normalized spacial score (nSPS) is 31.8. The maximum absolute atomic E-state index is 13.1. The zero-order chi connectivity index (χ0) is 78.2. The molecule has 0 unspecified atom stereocenters. The zero-order valence-corrected chi connectivity index (χ0v) is 64.0. The second kappa shape index (κ2) is 30.2. The summed E-state index contributed by atoms with van der Waals surface area (Å²) in [4.78, 5) is 126. The number of aliphatic hydroxyl groups is 2. The van der Waals surface area contributed by atoms with Gasteiger partial charge in [-0.3, -0.25) is 64.5 Å². The third-order valence-corrected chi connectivity index (χ3v) is 26.9. The van der Waals surface area contributed by atoms with Gasteiger partial charge in [0.25, 0.3) is 0 Å². The molecule has 4 aromatic rings. The third-order valence-electron chi connectivity index (χ3n) is 26.9. The Balaban J connectivity index is 0.000000143. The van der Waals surface area contributed by atoms with Crippen molar-refractivity contribution >= 4 is 35.6 Å². The van der Waals surface area contributed by atoms with Gasteiger partial charge in [-0.1, -0.05) is 82.3 Å². The van der Waals surface area contributed by atoms with Crippen LogP contribution < -0.4 is 4.74 Å². The molecule has 2 N–H and O–H groups in total. The monoisotopic (exact) mass is 1480 g/mol. The van der Waals surface area contributed by atoms with Crippen molar-refractivity contribution in [3.05, 3.63) is 173 Å². The van der Waals surface area contributed by atoms with E-state index < -0.39 is 63.7 Å². The number of carbonyl (C=O) groups is 6. The number of esters is 2. The van der Waals surface area contributed by atoms with Gasteiger partial charge in [0.2, 0.25) is 49.8 Å². The maximum Gasteiger partial charge on any atom is 0.329 e. The molecule has 4 aliphatic carbocycles. The van der Waals surface area contributed by atoms with Crippen molar-refractivity contribution < 1.29 is 72.9 Å². The first kappa shape index (κ1) is 79.1. The number of likely N-dealkylation sites (tertiary alicyclic amines) is 2. The largest absolute Gasteiger partial charge is 0.496 e. The number of fused-ring (bicyclic) bond motifs is 4. The average molecular weight is 1480 g/mol. The number of carbonyl (C=O) groups excluding carboxylic acids is 6. The third kappa shape index (κ3) is 14.1. The van der Waals surface area contributed by atoms with Gasteiger partial charge < -0.3 is 39.1 Å². The van der Waals surface area contributed by atoms with Gasteiger partial charge in [0, 0.05) is 119 Å². The first-order valence-corrected chi connectivity index (χ1v) is 37.6. The number of methoxy groups -OCH3 is 3. The fourth-order valence-electron chi connectivity index (χ4n) is 21.6. The van der Waals surface area contributed by atoms with Crippen LogP contribution in [0.3, 0.4) is 0 Å². The highest BCUT2D eigenvalue weighted by Gasteiger charge is 2.69. The molecule has 10 aliphatic rings. The number of benzene rings is 4. The van der Waals surface area contributed by atoms with E-state index in [9.17, 15) is 79.4 Å². The number of rotatable bonds is 17. The lowest BCUT2D eigenvalue weighted by molar-refractivity contribution is -0.491. The van der Waals surface area contributed by atoms with Gasteiger partial charge >= 0.3 is 11.9 Å². The summed E-state index contributed by atoms with van der Waals surface area (Å²) in [6.45, 7) is 22.8. The number of ether oxygens (including phenoxy) is 3. The number of nitro groups is 4. The van der Waals surface area contributed by atoms with Crippen LogP contribution in [0, 0.1) is 160 Å². The van der Waals surface area contributed by atoms with Crippen molar-refractivity contribution in [2.24, 2.45) is 71.0 Å². The fraction of sp³-hybridized carbons (Fsp3) is 0.625. The van der Waals surface area contributed by atoms with Crippen LogP contribution in [0.1, 0.15) is 151 Å². The first-order valence-electron chi connectivity index (χ1n) is 37.6. The molecule has 4 saturated heterocycles. The Morgan fingerprint density at radius 2 is 0.972 bits per heavy atom. The van der Waals surface area contributed by atoms with E-state index in [4.69, 9.17) is 14.2 Å². The first-order chi connectivity index (χ1) is 50.4. The van der Waals surface area contributed by atoms with Crippen molar-refractivity contribution in [3.8, 4) is 5.75 Å². The topological polar surface area (TPSA) is 356 Å². The average Bonchev–Trinajstić information content (AvgIpc) is 1.55. The van der Waals surface area contributed by atoms with Gasteiger partial charge in [-0.05, 0) is 189 Å². The Hall–Kier alpha value is -8.98. The molecule has 6 aliphatic heterocycles. The lowest BCUT2D eigenvalue weighted by Crippen LogP contribution is -2.58. The molecule has 4 aromatic carbocycles. The van der Waals surface area contributed by atoms with Crippen LogP contribution in [-0.2, 0) is 75.0 Å². The van der Waals surface area contributed by atoms with E-state index in [1.807, 2.05) is 53.7 Å². The molecule has 578 valence electrons. The summed E-state index contributed by atoms with van der Waals surface area (Å²) in [7, 11) is 4.13. The van der Waals surface area contributed by atoms with Crippen molar-refractivity contribution in [3.63, 3.8) is 0 Å². The van der Waals surface area contributed by atoms with Crippen LogP contribution in [-0.4, -0.2) is 169 Å². The van der Waals surface area contributed by atoms with E-state index in [1.165, 1.54) is 52.5 Å². The highest BCUT2D eigenvalue weighted by atomic mass is 16.6. The van der Waals surface area contributed by atoms with Gasteiger partial charge in [-0.15, -0.1) is 0 Å². The Labute approximate surface area is 624 Å². The Morgan fingerprint density at radius 1 is 0.514 bits per heavy atom. The van der Waals surface area contributed by atoms with Crippen LogP contribution in [0.2, 0.25) is 0 Å². The van der Waals surface area contributed by atoms with E-state index >= 15 is 0 Å². The van der Waals surface area contributed by atoms with Crippen molar-refractivity contribution in [1.82, 2.24) is 19.6 Å². The zero-order valence-electron chi connectivity index (χ0n) is 64.0. The molecule has 14 rings (SSSR count). The van der Waals surface area contributed by atoms with E-state index in [0.717, 1.165) is 58.3 Å². The Kier molecular flexibility index (Phi) is 22.3. The van der Waals surface area contributed by atoms with Crippen LogP contribution >= 0.6 is 0 Å². The lowest BCUT2D eigenvalue weighted by atomic mass is 9.72. The SMILES string of the molecule is COC(=O)[C@@H]1Cc2cc(C)c(C)cc2[C@@]23C[C@H](C)[C@@H](C[N+](=O)[O-])[C@@H]2CC(=O)N13.COC(=O)[C@H](Cc1ccc(C)c(OC)c1)N1C(=O)C[C@@H]2[C@H](C[N+](=O)[O-])[C@@H](C)C[C@@]21O.Cc1cc2c(cc1C)[C@@]13C[C@H](C)[C@@H](C[N+](=O)[O-])[C@@H]1CC(=O)N3CC2.Cc1ccc(CCN2C(=O)C[C@@H]3[C@H](C[N+](=O)[O-])[C@@H](C)C[C@@]32O)cc1C. The molecule has 18 atom stereocenters. The molecule has 0 aromatic heterocycles. The van der Waals surface area contributed by atoms with E-state index in [-0.39, 0.29) is 155 Å². The van der Waals surface area contributed by atoms with Gasteiger partial charge in [0.1, 0.15) is 29.3 Å². The molecule has 2 spiro atoms. The van der Waals surface area contributed by atoms with Gasteiger partial charge in [-0.25, -0.2) is 9.59 Å². The molecule has 8 fully saturated rings. The van der Waals surface area contributed by atoms with E-state index in [2.05, 4.69) is 82.0 Å². The van der Waals surface area contributed by atoms with Crippen molar-refractivity contribution in [2.45, 2.75) is 188 Å². The van der Waals surface area contributed by atoms with Crippen molar-refractivity contribution in [1.29, 1.82) is 0 Å². The number of nitrogens with zero attached hydrogens (tertiary/aromatic N) is 8. The highest BCUT2D eigenvalue weighted by molar-refractivity contribution is 5.90. The Morgan fingerprint density at radius 3 is 1.52 bits per heavy atom. The fourth-order valence-corrected chi connectivity index (χ4v) is 21.6. The minimum atomic E-state index is -1.61. The van der Waals surface area contributed by atoms with Gasteiger partial charge in [-0.2, -0.15) is 0 Å². The summed E-state index contributed by atoms with van der Waals surface area (Å²) in [5.41, 5.74) is 11.0. The summed E-state index contributed by atoms with van der Waals surface area (Å²) in [5, 5.41) is 67.2. The summed E-state index contributed by atoms with van der Waals surface area (Å²) < 4.78 is 15.3. The van der Waals surface area contributed by atoms with Gasteiger partial charge in [0.15, 0.2) is 0 Å². The van der Waals surface area contributed by atoms with Crippen LogP contribution in [0.25, 0.3) is 0 Å². The second-order valence-corrected chi connectivity index (χ2v) is 32.8. The second-order valence-electron chi connectivity index (χ2n) is 32.8. The molecule has 4 amide bonds. The minimum Gasteiger partial charge on any atom is -0.496 e. The van der Waals surface area contributed by atoms with E-state index in [1.54, 1.807) is 23.0 Å². The molecule has 4 saturated carbocycles. The molecule has 27 nitrogen and oxygen atoms in total. The molecule has 107 heavy (non-hydrogen) atoms.